The fraction of sp³-hybridized carbons (Fsp3) is 0.320. The van der Waals surface area contributed by atoms with Gasteiger partial charge in [0, 0.05) is 36.2 Å². The molecule has 1 atom stereocenters. The summed E-state index contributed by atoms with van der Waals surface area (Å²) in [5.74, 6) is -0.406. The molecule has 4 rings (SSSR count). The maximum atomic E-state index is 13.4. The molecule has 33 heavy (non-hydrogen) atoms. The van der Waals surface area contributed by atoms with E-state index in [0.717, 1.165) is 53.2 Å². The van der Waals surface area contributed by atoms with Gasteiger partial charge in [-0.25, -0.2) is 4.39 Å². The van der Waals surface area contributed by atoms with Crippen molar-refractivity contribution < 1.29 is 14.0 Å². The number of halogens is 1. The molecule has 8 heteroatoms. The van der Waals surface area contributed by atoms with Gasteiger partial charge in [-0.3, -0.25) is 14.7 Å². The van der Waals surface area contributed by atoms with Crippen LogP contribution in [0.2, 0.25) is 0 Å². The van der Waals surface area contributed by atoms with Gasteiger partial charge in [0.1, 0.15) is 5.82 Å². The van der Waals surface area contributed by atoms with Crippen LogP contribution >= 0.6 is 11.8 Å². The summed E-state index contributed by atoms with van der Waals surface area (Å²) in [5.41, 5.74) is 3.32. The average Bonchev–Trinajstić information content (AvgIpc) is 3.28. The Hall–Kier alpha value is -3.13. The van der Waals surface area contributed by atoms with Crippen molar-refractivity contribution in [1.82, 2.24) is 15.1 Å². The first-order valence-corrected chi connectivity index (χ1v) is 12.0. The SMILES string of the molecule is CN(CCCCCc1cc(-c2cccc(F)c2)n[nH]1)C(=O)CC1Sc2ccccc2NC1=O. The first kappa shape index (κ1) is 23.0. The molecule has 1 unspecified atom stereocenters. The number of fused-ring (bicyclic) bond motifs is 1. The number of nitrogens with one attached hydrogen (secondary N) is 2. The first-order chi connectivity index (χ1) is 16.0. The minimum atomic E-state index is -0.400. The summed E-state index contributed by atoms with van der Waals surface area (Å²) < 4.78 is 13.4. The van der Waals surface area contributed by atoms with Gasteiger partial charge in [-0.15, -0.1) is 11.8 Å². The Labute approximate surface area is 197 Å². The van der Waals surface area contributed by atoms with E-state index < -0.39 is 5.25 Å². The molecule has 0 saturated carbocycles. The zero-order valence-corrected chi connectivity index (χ0v) is 19.3. The lowest BCUT2D eigenvalue weighted by Gasteiger charge is -2.25. The molecule has 1 aliphatic heterocycles. The Bertz CT molecular complexity index is 1130. The molecule has 6 nitrogen and oxygen atoms in total. The Kier molecular flexibility index (Phi) is 7.44. The number of nitrogens with zero attached hydrogens (tertiary/aromatic N) is 2. The highest BCUT2D eigenvalue weighted by Gasteiger charge is 2.29. The molecule has 0 radical (unpaired) electrons. The molecule has 0 saturated heterocycles. The lowest BCUT2D eigenvalue weighted by molar-refractivity contribution is -0.131. The molecule has 2 aromatic carbocycles. The number of amides is 2. The van der Waals surface area contributed by atoms with Crippen molar-refractivity contribution in [3.63, 3.8) is 0 Å². The van der Waals surface area contributed by atoms with Crippen LogP contribution in [-0.2, 0) is 16.0 Å². The molecule has 3 aromatic rings. The van der Waals surface area contributed by atoms with E-state index in [-0.39, 0.29) is 24.1 Å². The number of unbranched alkanes of at least 4 members (excludes halogenated alkanes) is 2. The Balaban J connectivity index is 1.17. The van der Waals surface area contributed by atoms with Gasteiger partial charge >= 0.3 is 0 Å². The average molecular weight is 467 g/mol. The van der Waals surface area contributed by atoms with E-state index in [2.05, 4.69) is 15.5 Å². The standard InChI is InChI=1S/C25H27FN4O2S/c1-30(24(31)16-23-25(32)27-20-11-4-5-12-22(20)33-23)13-6-2-3-10-19-15-21(29-28-19)17-8-7-9-18(26)14-17/h4-5,7-9,11-12,14-15,23H,2-3,6,10,13,16H2,1H3,(H,27,32)(H,28,29). The highest BCUT2D eigenvalue weighted by molar-refractivity contribution is 8.01. The third kappa shape index (κ3) is 6.01. The van der Waals surface area contributed by atoms with Crippen molar-refractivity contribution >= 4 is 29.3 Å². The van der Waals surface area contributed by atoms with Crippen LogP contribution in [0.3, 0.4) is 0 Å². The lowest BCUT2D eigenvalue weighted by atomic mass is 10.1. The minimum Gasteiger partial charge on any atom is -0.346 e. The predicted molar refractivity (Wildman–Crippen MR) is 129 cm³/mol. The summed E-state index contributed by atoms with van der Waals surface area (Å²) >= 11 is 1.45. The van der Waals surface area contributed by atoms with Gasteiger partial charge < -0.3 is 10.2 Å². The summed E-state index contributed by atoms with van der Waals surface area (Å²) in [6.07, 6.45) is 3.86. The Morgan fingerprint density at radius 2 is 1.97 bits per heavy atom. The van der Waals surface area contributed by atoms with E-state index in [9.17, 15) is 14.0 Å². The van der Waals surface area contributed by atoms with Crippen LogP contribution in [0, 0.1) is 5.82 Å². The van der Waals surface area contributed by atoms with Crippen LogP contribution in [0.25, 0.3) is 11.3 Å². The molecule has 0 aliphatic carbocycles. The normalized spacial score (nSPS) is 15.1. The van der Waals surface area contributed by atoms with Gasteiger partial charge in [0.05, 0.1) is 16.6 Å². The van der Waals surface area contributed by atoms with Crippen LogP contribution in [0.5, 0.6) is 0 Å². The number of para-hydroxylation sites is 1. The summed E-state index contributed by atoms with van der Waals surface area (Å²) in [6, 6.07) is 16.0. The molecule has 1 aromatic heterocycles. The van der Waals surface area contributed by atoms with Crippen molar-refractivity contribution in [3.05, 3.63) is 66.1 Å². The monoisotopic (exact) mass is 466 g/mol. The minimum absolute atomic E-state index is 0.0182. The topological polar surface area (TPSA) is 78.1 Å². The van der Waals surface area contributed by atoms with E-state index in [0.29, 0.717) is 6.54 Å². The lowest BCUT2D eigenvalue weighted by Crippen LogP contribution is -2.36. The highest BCUT2D eigenvalue weighted by Crippen LogP contribution is 2.36. The summed E-state index contributed by atoms with van der Waals surface area (Å²) in [7, 11) is 1.79. The summed E-state index contributed by atoms with van der Waals surface area (Å²) in [4.78, 5) is 27.6. The largest absolute Gasteiger partial charge is 0.346 e. The zero-order valence-electron chi connectivity index (χ0n) is 18.5. The number of aromatic nitrogens is 2. The number of anilines is 1. The summed E-state index contributed by atoms with van der Waals surface area (Å²) in [5, 5.41) is 9.78. The van der Waals surface area contributed by atoms with Gasteiger partial charge in [0.25, 0.3) is 0 Å². The number of rotatable bonds is 9. The number of benzene rings is 2. The fourth-order valence-electron chi connectivity index (χ4n) is 3.79. The van der Waals surface area contributed by atoms with E-state index >= 15 is 0 Å². The number of H-pyrrole nitrogens is 1. The number of thioether (sulfide) groups is 1. The molecule has 172 valence electrons. The van der Waals surface area contributed by atoms with Gasteiger partial charge in [-0.05, 0) is 49.6 Å². The molecular weight excluding hydrogens is 439 g/mol. The van der Waals surface area contributed by atoms with Gasteiger partial charge in [0.15, 0.2) is 0 Å². The van der Waals surface area contributed by atoms with E-state index in [1.807, 2.05) is 36.4 Å². The zero-order chi connectivity index (χ0) is 23.2. The van der Waals surface area contributed by atoms with Crippen LogP contribution in [0.15, 0.2) is 59.5 Å². The predicted octanol–water partition coefficient (Wildman–Crippen LogP) is 4.89. The molecule has 1 aliphatic rings. The van der Waals surface area contributed by atoms with Crippen LogP contribution < -0.4 is 5.32 Å². The van der Waals surface area contributed by atoms with Crippen LogP contribution in [0.4, 0.5) is 10.1 Å². The first-order valence-electron chi connectivity index (χ1n) is 11.1. The van der Waals surface area contributed by atoms with Gasteiger partial charge in [-0.1, -0.05) is 30.7 Å². The third-order valence-corrected chi connectivity index (χ3v) is 6.96. The fourth-order valence-corrected chi connectivity index (χ4v) is 4.89. The molecular formula is C25H27FN4O2S. The maximum absolute atomic E-state index is 13.4. The molecule has 0 bridgehead atoms. The number of carbonyl (C=O) groups is 2. The quantitative estimate of drug-likeness (QED) is 0.440. The number of hydrogen-bond acceptors (Lipinski definition) is 4. The van der Waals surface area contributed by atoms with Crippen molar-refractivity contribution in [1.29, 1.82) is 0 Å². The second kappa shape index (κ2) is 10.7. The number of aromatic amines is 1. The van der Waals surface area contributed by atoms with Gasteiger partial charge in [0.2, 0.25) is 11.8 Å². The van der Waals surface area contributed by atoms with Gasteiger partial charge in [-0.2, -0.15) is 5.10 Å². The van der Waals surface area contributed by atoms with E-state index in [4.69, 9.17) is 0 Å². The van der Waals surface area contributed by atoms with E-state index in [1.54, 1.807) is 18.0 Å². The van der Waals surface area contributed by atoms with Crippen molar-refractivity contribution in [2.24, 2.45) is 0 Å². The summed E-state index contributed by atoms with van der Waals surface area (Å²) in [6.45, 7) is 0.659. The number of carbonyl (C=O) groups excluding carboxylic acids is 2. The number of hydrogen-bond donors (Lipinski definition) is 2. The molecule has 2 N–H and O–H groups in total. The molecule has 2 heterocycles. The van der Waals surface area contributed by atoms with Crippen molar-refractivity contribution in [3.8, 4) is 11.3 Å². The highest BCUT2D eigenvalue weighted by atomic mass is 32.2. The third-order valence-electron chi connectivity index (χ3n) is 5.68. The Morgan fingerprint density at radius 3 is 2.82 bits per heavy atom. The van der Waals surface area contributed by atoms with Crippen molar-refractivity contribution in [2.45, 2.75) is 42.2 Å². The van der Waals surface area contributed by atoms with Crippen LogP contribution in [-0.4, -0.2) is 45.8 Å². The Morgan fingerprint density at radius 1 is 1.12 bits per heavy atom. The number of aryl methyl sites for hydroxylation is 1. The van der Waals surface area contributed by atoms with Crippen molar-refractivity contribution in [2.75, 3.05) is 18.9 Å². The van der Waals surface area contributed by atoms with Crippen LogP contribution in [0.1, 0.15) is 31.4 Å². The second-order valence-electron chi connectivity index (χ2n) is 8.21. The molecule has 0 fully saturated rings. The molecule has 0 spiro atoms. The second-order valence-corrected chi connectivity index (χ2v) is 9.46. The van der Waals surface area contributed by atoms with E-state index in [1.165, 1.54) is 23.9 Å². The smallest absolute Gasteiger partial charge is 0.238 e. The maximum Gasteiger partial charge on any atom is 0.238 e. The molecule has 2 amide bonds.